The van der Waals surface area contributed by atoms with Gasteiger partial charge in [0.05, 0.1) is 6.42 Å². The Bertz CT molecular complexity index is 1300. The highest BCUT2D eigenvalue weighted by molar-refractivity contribution is 6.24. The molecule has 1 aromatic rings. The number of likely N-dealkylation sites (tertiary alicyclic amines) is 1. The molecule has 200 valence electrons. The Hall–Kier alpha value is -3.53. The number of allylic oxidation sites excluding steroid dienone is 1. The third-order valence-electron chi connectivity index (χ3n) is 9.31. The van der Waals surface area contributed by atoms with Gasteiger partial charge in [0.2, 0.25) is 11.8 Å². The molecular weight excluding hydrogens is 486 g/mol. The number of carbonyl (C=O) groups is 4. The van der Waals surface area contributed by atoms with Crippen LogP contribution in [-0.2, 0) is 31.0 Å². The predicted octanol–water partition coefficient (Wildman–Crippen LogP) is 0.450. The highest BCUT2D eigenvalue weighted by Gasteiger charge is 2.57. The van der Waals surface area contributed by atoms with Crippen LogP contribution in [0.2, 0.25) is 0 Å². The van der Waals surface area contributed by atoms with E-state index in [1.807, 2.05) is 12.1 Å². The van der Waals surface area contributed by atoms with Crippen molar-refractivity contribution < 1.29 is 24.3 Å². The molecular formula is C28H33N5O5. The lowest BCUT2D eigenvalue weighted by molar-refractivity contribution is -0.129. The first kappa shape index (κ1) is 24.8. The highest BCUT2D eigenvalue weighted by atomic mass is 16.3. The molecule has 4 amide bonds. The van der Waals surface area contributed by atoms with Crippen LogP contribution >= 0.6 is 0 Å². The van der Waals surface area contributed by atoms with Crippen LogP contribution < -0.4 is 16.8 Å². The number of phenols is 1. The fourth-order valence-corrected chi connectivity index (χ4v) is 7.36. The van der Waals surface area contributed by atoms with Gasteiger partial charge in [-0.05, 0) is 80.2 Å². The van der Waals surface area contributed by atoms with E-state index in [1.165, 1.54) is 24.0 Å². The number of aliphatic imine (C=N–C) groups is 1. The topological polar surface area (TPSA) is 168 Å². The van der Waals surface area contributed by atoms with Gasteiger partial charge in [-0.25, -0.2) is 4.99 Å². The van der Waals surface area contributed by atoms with Gasteiger partial charge in [-0.15, -0.1) is 0 Å². The number of dihydropyridines is 1. The molecule has 5 atom stereocenters. The van der Waals surface area contributed by atoms with Crippen LogP contribution in [0.5, 0.6) is 5.75 Å². The van der Waals surface area contributed by atoms with Gasteiger partial charge in [0.25, 0.3) is 11.8 Å². The molecule has 2 heterocycles. The fraction of sp³-hybridized carbons (Fsp3) is 0.536. The summed E-state index contributed by atoms with van der Waals surface area (Å²) in [6.45, 7) is 2.09. The Kier molecular flexibility index (Phi) is 5.90. The van der Waals surface area contributed by atoms with Crippen LogP contribution in [0.25, 0.3) is 0 Å². The summed E-state index contributed by atoms with van der Waals surface area (Å²) in [7, 11) is 0. The number of hydrogen-bond donors (Lipinski definition) is 4. The minimum absolute atomic E-state index is 0.140. The number of nitrogens with two attached hydrogens (primary N) is 2. The van der Waals surface area contributed by atoms with Crippen molar-refractivity contribution in [3.8, 4) is 5.75 Å². The monoisotopic (exact) mass is 519 g/mol. The molecule has 0 radical (unpaired) electrons. The van der Waals surface area contributed by atoms with Gasteiger partial charge in [-0.3, -0.25) is 24.1 Å². The van der Waals surface area contributed by atoms with E-state index >= 15 is 0 Å². The van der Waals surface area contributed by atoms with Gasteiger partial charge in [0.15, 0.2) is 0 Å². The van der Waals surface area contributed by atoms with Crippen molar-refractivity contribution in [2.75, 3.05) is 13.1 Å². The molecule has 10 nitrogen and oxygen atoms in total. The number of nitrogens with zero attached hydrogens (tertiary/aromatic N) is 2. The molecule has 38 heavy (non-hydrogen) atoms. The van der Waals surface area contributed by atoms with Crippen molar-refractivity contribution in [3.63, 3.8) is 0 Å². The van der Waals surface area contributed by atoms with E-state index in [-0.39, 0.29) is 28.6 Å². The number of rotatable bonds is 7. The van der Waals surface area contributed by atoms with Gasteiger partial charge in [-0.1, -0.05) is 12.1 Å². The van der Waals surface area contributed by atoms with Crippen molar-refractivity contribution in [1.82, 2.24) is 10.2 Å². The average molecular weight is 520 g/mol. The number of nitrogens with one attached hydrogen (secondary N) is 1. The van der Waals surface area contributed by atoms with Crippen LogP contribution in [0.4, 0.5) is 0 Å². The molecule has 1 aromatic carbocycles. The van der Waals surface area contributed by atoms with E-state index in [9.17, 15) is 24.3 Å². The Balaban J connectivity index is 1.31. The van der Waals surface area contributed by atoms with Crippen molar-refractivity contribution in [2.45, 2.75) is 62.4 Å². The maximum atomic E-state index is 13.0. The van der Waals surface area contributed by atoms with E-state index < -0.39 is 36.1 Å². The van der Waals surface area contributed by atoms with Crippen molar-refractivity contribution in [2.24, 2.45) is 34.2 Å². The molecule has 6 N–H and O–H groups in total. The largest absolute Gasteiger partial charge is 0.508 e. The zero-order valence-electron chi connectivity index (χ0n) is 21.2. The number of primary amides is 2. The molecule has 0 aromatic heterocycles. The summed E-state index contributed by atoms with van der Waals surface area (Å²) in [6, 6.07) is 4.75. The number of phenolic OH excluding ortho intramolecular Hbond substituents is 1. The molecule has 2 saturated carbocycles. The molecule has 1 saturated heterocycles. The van der Waals surface area contributed by atoms with E-state index in [0.717, 1.165) is 44.0 Å². The second-order valence-corrected chi connectivity index (χ2v) is 11.7. The number of piperidine rings is 1. The van der Waals surface area contributed by atoms with Gasteiger partial charge in [0.1, 0.15) is 17.4 Å². The fourth-order valence-electron chi connectivity index (χ4n) is 7.36. The molecule has 1 unspecified atom stereocenters. The summed E-state index contributed by atoms with van der Waals surface area (Å²) in [5, 5.41) is 12.8. The Morgan fingerprint density at radius 2 is 2.03 bits per heavy atom. The first-order valence-electron chi connectivity index (χ1n) is 13.4. The molecule has 10 heteroatoms. The molecule has 0 spiro atoms. The highest BCUT2D eigenvalue weighted by Crippen LogP contribution is 2.57. The molecule has 6 rings (SSSR count). The summed E-state index contributed by atoms with van der Waals surface area (Å²) in [5.41, 5.74) is 13.3. The average Bonchev–Trinajstić information content (AvgIpc) is 3.68. The lowest BCUT2D eigenvalue weighted by Gasteiger charge is -2.60. The first-order valence-corrected chi connectivity index (χ1v) is 13.4. The van der Waals surface area contributed by atoms with E-state index in [2.05, 4.69) is 15.2 Å². The maximum absolute atomic E-state index is 13.0. The maximum Gasteiger partial charge on any atom is 0.282 e. The van der Waals surface area contributed by atoms with E-state index in [0.29, 0.717) is 12.5 Å². The van der Waals surface area contributed by atoms with Crippen molar-refractivity contribution in [1.29, 1.82) is 0 Å². The number of fused-ring (bicyclic) bond motifs is 2. The number of hydrogen-bond acceptors (Lipinski definition) is 6. The quantitative estimate of drug-likeness (QED) is 0.381. The molecule has 2 aliphatic heterocycles. The number of carbonyl (C=O) groups excluding carboxylic acids is 4. The number of aromatic hydroxyl groups is 1. The van der Waals surface area contributed by atoms with Gasteiger partial charge >= 0.3 is 0 Å². The Morgan fingerprint density at radius 3 is 2.74 bits per heavy atom. The van der Waals surface area contributed by atoms with E-state index in [1.54, 1.807) is 12.1 Å². The van der Waals surface area contributed by atoms with Crippen molar-refractivity contribution in [3.05, 3.63) is 41.0 Å². The summed E-state index contributed by atoms with van der Waals surface area (Å²) in [5.74, 6) is -2.02. The Labute approximate surface area is 220 Å². The molecule has 3 aliphatic carbocycles. The standard InChI is InChI=1S/C28H33N5O5/c29-24(35)11-21(25(30)36)31-26(37)18-7-16-8-20-23-9-15-3-4-17(34)10-19(15)28(20,12-22(16)32-27(18)38)5-6-33(23)13-14-1-2-14/h3-4,7,10,14,16,20-21,23,34H,1-2,5-6,8-9,11-13H2,(H2,29,35)(H2,30,36)(H,31,37)/t16?,20-,21-,23+,28+/m0/s1. The predicted molar refractivity (Wildman–Crippen MR) is 138 cm³/mol. The minimum Gasteiger partial charge on any atom is -0.508 e. The van der Waals surface area contributed by atoms with Crippen LogP contribution in [0.15, 0.2) is 34.8 Å². The molecule has 5 aliphatic rings. The van der Waals surface area contributed by atoms with Crippen LogP contribution in [-0.4, -0.2) is 64.5 Å². The smallest absolute Gasteiger partial charge is 0.282 e. The zero-order chi connectivity index (χ0) is 26.8. The summed E-state index contributed by atoms with van der Waals surface area (Å²) >= 11 is 0. The van der Waals surface area contributed by atoms with E-state index in [4.69, 9.17) is 11.5 Å². The zero-order valence-corrected chi connectivity index (χ0v) is 21.2. The minimum atomic E-state index is -1.30. The SMILES string of the molecule is NC(=O)C[C@H](NC(=O)C1=CC2C[C@H]3[C@H]4Cc5ccc(O)cc5[C@@]3(CCN4CC3CC3)CC2=NC1=O)C(N)=O. The lowest BCUT2D eigenvalue weighted by Crippen LogP contribution is -2.63. The van der Waals surface area contributed by atoms with Crippen molar-refractivity contribution >= 4 is 29.3 Å². The number of benzene rings is 1. The second kappa shape index (κ2) is 9.04. The van der Waals surface area contributed by atoms with Crippen LogP contribution in [0.1, 0.15) is 49.7 Å². The number of amides is 4. The van der Waals surface area contributed by atoms with Gasteiger partial charge < -0.3 is 21.9 Å². The first-order chi connectivity index (χ1) is 18.1. The van der Waals surface area contributed by atoms with Crippen LogP contribution in [0.3, 0.4) is 0 Å². The molecule has 2 bridgehead atoms. The molecule has 3 fully saturated rings. The third kappa shape index (κ3) is 4.20. The Morgan fingerprint density at radius 1 is 1.24 bits per heavy atom. The third-order valence-corrected chi connectivity index (χ3v) is 9.31. The summed E-state index contributed by atoms with van der Waals surface area (Å²) in [4.78, 5) is 56.0. The summed E-state index contributed by atoms with van der Waals surface area (Å²) < 4.78 is 0. The second-order valence-electron chi connectivity index (χ2n) is 11.7. The van der Waals surface area contributed by atoms with Crippen LogP contribution in [0, 0.1) is 17.8 Å². The van der Waals surface area contributed by atoms with Gasteiger partial charge in [-0.2, -0.15) is 0 Å². The van der Waals surface area contributed by atoms with Gasteiger partial charge in [0, 0.05) is 29.6 Å². The summed E-state index contributed by atoms with van der Waals surface area (Å²) in [6.07, 6.45) is 6.99. The lowest BCUT2D eigenvalue weighted by atomic mass is 9.50. The normalized spacial score (nSPS) is 30.6.